The van der Waals surface area contributed by atoms with Crippen LogP contribution in [-0.2, 0) is 4.79 Å². The molecule has 0 aliphatic carbocycles. The Hall–Kier alpha value is -0.313. The van der Waals surface area contributed by atoms with E-state index in [1.807, 2.05) is 20.8 Å². The lowest BCUT2D eigenvalue weighted by Gasteiger charge is -2.17. The normalized spacial score (nSPS) is 12.3. The lowest BCUT2D eigenvalue weighted by Crippen LogP contribution is -2.36. The van der Waals surface area contributed by atoms with E-state index in [1.165, 1.54) is 31.7 Å². The highest BCUT2D eigenvalue weighted by atomic mass is 28.2. The van der Waals surface area contributed by atoms with Crippen molar-refractivity contribution in [3.63, 3.8) is 0 Å². The molecule has 1 amide bonds. The quantitative estimate of drug-likeness (QED) is 0.534. The molecule has 0 unspecified atom stereocenters. The van der Waals surface area contributed by atoms with Gasteiger partial charge in [0.1, 0.15) is 9.68 Å². The Labute approximate surface area is 90.8 Å². The minimum atomic E-state index is -0.343. The van der Waals surface area contributed by atoms with Gasteiger partial charge in [0.15, 0.2) is 0 Å². The topological polar surface area (TPSA) is 29.1 Å². The molecule has 84 valence electrons. The van der Waals surface area contributed by atoms with Gasteiger partial charge in [0.25, 0.3) is 0 Å². The van der Waals surface area contributed by atoms with Crippen LogP contribution >= 0.6 is 0 Å². The molecule has 0 saturated carbocycles. The van der Waals surface area contributed by atoms with Gasteiger partial charge in [-0.3, -0.25) is 4.79 Å². The molecule has 0 rings (SSSR count). The Balaban J connectivity index is 3.33. The molecule has 0 aromatic heterocycles. The molecule has 3 heteroatoms. The summed E-state index contributed by atoms with van der Waals surface area (Å²) in [6, 6.07) is 1.25. The monoisotopic (exact) mass is 215 g/mol. The first kappa shape index (κ1) is 13.7. The third-order valence-corrected chi connectivity index (χ3v) is 3.67. The zero-order valence-electron chi connectivity index (χ0n) is 10.2. The number of rotatable bonds is 6. The van der Waals surface area contributed by atoms with E-state index < -0.39 is 0 Å². The van der Waals surface area contributed by atoms with Gasteiger partial charge in [0, 0.05) is 5.41 Å². The number of hydrogen-bond donors (Lipinski definition) is 1. The number of unbranched alkanes of at least 4 members (excludes halogenated alkanes) is 3. The summed E-state index contributed by atoms with van der Waals surface area (Å²) >= 11 is 0. The van der Waals surface area contributed by atoms with Crippen LogP contribution in [0.15, 0.2) is 0 Å². The summed E-state index contributed by atoms with van der Waals surface area (Å²) in [7, 11) is -0.343. The Morgan fingerprint density at radius 3 is 2.36 bits per heavy atom. The van der Waals surface area contributed by atoms with E-state index in [4.69, 9.17) is 0 Å². The maximum absolute atomic E-state index is 11.5. The minimum Gasteiger partial charge on any atom is -0.387 e. The molecule has 0 aliphatic rings. The maximum Gasteiger partial charge on any atom is 0.217 e. The Morgan fingerprint density at radius 1 is 1.21 bits per heavy atom. The molecule has 0 bridgehead atoms. The van der Waals surface area contributed by atoms with Gasteiger partial charge in [-0.05, 0) is 6.04 Å². The largest absolute Gasteiger partial charge is 0.387 e. The van der Waals surface area contributed by atoms with Crippen LogP contribution in [-0.4, -0.2) is 15.6 Å². The number of amides is 1. The van der Waals surface area contributed by atoms with E-state index in [0.29, 0.717) is 0 Å². The fraction of sp³-hybridized carbons (Fsp3) is 0.909. The van der Waals surface area contributed by atoms with E-state index in [2.05, 4.69) is 11.9 Å². The summed E-state index contributed by atoms with van der Waals surface area (Å²) in [4.78, 5) is 14.6. The van der Waals surface area contributed by atoms with Gasteiger partial charge in [-0.15, -0.1) is 0 Å². The first-order chi connectivity index (χ1) is 6.48. The molecular formula is C11H25NOSi. The van der Waals surface area contributed by atoms with Crippen molar-refractivity contribution < 1.29 is 4.79 Å². The SMILES string of the molecule is CCCCCC[SiH2]NC(=O)C(C)(C)C. The van der Waals surface area contributed by atoms with Crippen molar-refractivity contribution >= 4 is 15.6 Å². The molecule has 0 aromatic carbocycles. The zero-order chi connectivity index (χ0) is 11.0. The Kier molecular flexibility index (Phi) is 6.88. The molecule has 0 aromatic rings. The average molecular weight is 215 g/mol. The Bertz CT molecular complexity index is 163. The number of carbonyl (C=O) groups excluding carboxylic acids is 1. The zero-order valence-corrected chi connectivity index (χ0v) is 11.6. The lowest BCUT2D eigenvalue weighted by molar-refractivity contribution is -0.126. The third kappa shape index (κ3) is 7.13. The fourth-order valence-corrected chi connectivity index (χ4v) is 2.73. The molecule has 0 spiro atoms. The molecule has 0 fully saturated rings. The average Bonchev–Trinajstić information content (AvgIpc) is 2.09. The highest BCUT2D eigenvalue weighted by Crippen LogP contribution is 2.12. The van der Waals surface area contributed by atoms with Crippen LogP contribution in [0.5, 0.6) is 0 Å². The van der Waals surface area contributed by atoms with Crippen LogP contribution in [0.25, 0.3) is 0 Å². The van der Waals surface area contributed by atoms with Gasteiger partial charge in [-0.25, -0.2) is 0 Å². The molecule has 0 saturated heterocycles. The van der Waals surface area contributed by atoms with Crippen molar-refractivity contribution in [2.75, 3.05) is 0 Å². The standard InChI is InChI=1S/C11H25NOSi/c1-5-6-7-8-9-14-12-10(13)11(2,3)4/h5-9,14H2,1-4H3,(H,12,13). The van der Waals surface area contributed by atoms with Gasteiger partial charge in [-0.1, -0.05) is 53.4 Å². The summed E-state index contributed by atoms with van der Waals surface area (Å²) < 4.78 is 0. The van der Waals surface area contributed by atoms with Crippen molar-refractivity contribution in [1.29, 1.82) is 0 Å². The molecule has 0 heterocycles. The molecule has 1 N–H and O–H groups in total. The van der Waals surface area contributed by atoms with Gasteiger partial charge in [0.2, 0.25) is 5.91 Å². The predicted octanol–water partition coefficient (Wildman–Crippen LogP) is 2.23. The van der Waals surface area contributed by atoms with E-state index in [9.17, 15) is 4.79 Å². The van der Waals surface area contributed by atoms with E-state index >= 15 is 0 Å². The maximum atomic E-state index is 11.5. The molecule has 0 atom stereocenters. The third-order valence-electron chi connectivity index (χ3n) is 2.25. The molecular weight excluding hydrogens is 190 g/mol. The summed E-state index contributed by atoms with van der Waals surface area (Å²) in [5, 5.41) is 0. The van der Waals surface area contributed by atoms with Crippen molar-refractivity contribution in [2.45, 2.75) is 59.4 Å². The van der Waals surface area contributed by atoms with Crippen LogP contribution in [0.2, 0.25) is 6.04 Å². The highest BCUT2D eigenvalue weighted by molar-refractivity contribution is 6.37. The summed E-state index contributed by atoms with van der Waals surface area (Å²) in [5.74, 6) is 0.222. The number of nitrogens with one attached hydrogen (secondary N) is 1. The summed E-state index contributed by atoms with van der Waals surface area (Å²) in [6.07, 6.45) is 5.25. The molecule has 2 nitrogen and oxygen atoms in total. The second kappa shape index (κ2) is 7.04. The van der Waals surface area contributed by atoms with Gasteiger partial charge in [-0.2, -0.15) is 0 Å². The van der Waals surface area contributed by atoms with Crippen LogP contribution in [0.4, 0.5) is 0 Å². The van der Waals surface area contributed by atoms with Crippen molar-refractivity contribution in [1.82, 2.24) is 4.98 Å². The predicted molar refractivity (Wildman–Crippen MR) is 65.1 cm³/mol. The number of carbonyl (C=O) groups is 1. The van der Waals surface area contributed by atoms with Crippen LogP contribution in [0.1, 0.15) is 53.4 Å². The first-order valence-electron chi connectivity index (χ1n) is 5.76. The van der Waals surface area contributed by atoms with Crippen LogP contribution in [0.3, 0.4) is 0 Å². The van der Waals surface area contributed by atoms with Crippen LogP contribution < -0.4 is 4.98 Å². The molecule has 0 radical (unpaired) electrons. The van der Waals surface area contributed by atoms with E-state index in [-0.39, 0.29) is 21.0 Å². The van der Waals surface area contributed by atoms with Crippen molar-refractivity contribution in [3.8, 4) is 0 Å². The Morgan fingerprint density at radius 2 is 1.86 bits per heavy atom. The second-order valence-corrected chi connectivity index (χ2v) is 6.48. The summed E-state index contributed by atoms with van der Waals surface area (Å²) in [5.41, 5.74) is -0.212. The number of hydrogen-bond acceptors (Lipinski definition) is 1. The fourth-order valence-electron chi connectivity index (χ4n) is 1.20. The summed E-state index contributed by atoms with van der Waals surface area (Å²) in [6.45, 7) is 8.12. The minimum absolute atomic E-state index is 0.212. The molecule has 14 heavy (non-hydrogen) atoms. The first-order valence-corrected chi connectivity index (χ1v) is 7.47. The molecule has 0 aliphatic heterocycles. The second-order valence-electron chi connectivity index (χ2n) is 4.92. The smallest absolute Gasteiger partial charge is 0.217 e. The van der Waals surface area contributed by atoms with Crippen molar-refractivity contribution in [2.24, 2.45) is 5.41 Å². The highest BCUT2D eigenvalue weighted by Gasteiger charge is 2.19. The lowest BCUT2D eigenvalue weighted by atomic mass is 9.96. The van der Waals surface area contributed by atoms with E-state index in [0.717, 1.165) is 0 Å². The van der Waals surface area contributed by atoms with Gasteiger partial charge >= 0.3 is 0 Å². The van der Waals surface area contributed by atoms with Gasteiger partial charge in [0.05, 0.1) is 0 Å². The van der Waals surface area contributed by atoms with Gasteiger partial charge < -0.3 is 4.98 Å². The van der Waals surface area contributed by atoms with Crippen molar-refractivity contribution in [3.05, 3.63) is 0 Å². The van der Waals surface area contributed by atoms with Crippen LogP contribution in [0, 0.1) is 5.41 Å². The van der Waals surface area contributed by atoms with E-state index in [1.54, 1.807) is 0 Å².